The summed E-state index contributed by atoms with van der Waals surface area (Å²) in [7, 11) is 0. The van der Waals surface area contributed by atoms with E-state index in [2.05, 4.69) is 67.2 Å². The minimum atomic E-state index is 0.431. The van der Waals surface area contributed by atoms with Crippen molar-refractivity contribution in [3.63, 3.8) is 0 Å². The lowest BCUT2D eigenvalue weighted by Crippen LogP contribution is -2.56. The van der Waals surface area contributed by atoms with Crippen molar-refractivity contribution in [2.45, 2.75) is 25.8 Å². The lowest BCUT2D eigenvalue weighted by atomic mass is 10.0. The number of hydrogen-bond donors (Lipinski definition) is 1. The number of piperazine rings is 1. The van der Waals surface area contributed by atoms with Gasteiger partial charge in [-0.25, -0.2) is 14.6 Å². The first kappa shape index (κ1) is 19.9. The van der Waals surface area contributed by atoms with Crippen molar-refractivity contribution in [1.82, 2.24) is 29.6 Å². The van der Waals surface area contributed by atoms with Crippen molar-refractivity contribution in [2.75, 3.05) is 49.6 Å². The van der Waals surface area contributed by atoms with Crippen molar-refractivity contribution in [1.29, 1.82) is 0 Å². The summed E-state index contributed by atoms with van der Waals surface area (Å²) >= 11 is 0. The molecule has 1 aromatic carbocycles. The van der Waals surface area contributed by atoms with E-state index >= 15 is 0 Å². The van der Waals surface area contributed by atoms with Gasteiger partial charge in [0.05, 0.1) is 19.3 Å². The van der Waals surface area contributed by atoms with Crippen molar-refractivity contribution in [3.05, 3.63) is 48.7 Å². The zero-order chi connectivity index (χ0) is 21.2. The highest BCUT2D eigenvalue weighted by molar-refractivity contribution is 5.64. The van der Waals surface area contributed by atoms with Gasteiger partial charge in [0.1, 0.15) is 12.7 Å². The molecule has 162 valence electrons. The monoisotopic (exact) mass is 420 g/mol. The topological polar surface area (TPSA) is 84.2 Å². The van der Waals surface area contributed by atoms with Crippen molar-refractivity contribution in [3.8, 4) is 5.82 Å². The number of nitrogens with zero attached hydrogens (tertiary/aromatic N) is 7. The van der Waals surface area contributed by atoms with Crippen molar-refractivity contribution in [2.24, 2.45) is 0 Å². The first-order chi connectivity index (χ1) is 15.2. The third-order valence-corrected chi connectivity index (χ3v) is 5.97. The van der Waals surface area contributed by atoms with Gasteiger partial charge in [-0.2, -0.15) is 4.98 Å². The van der Waals surface area contributed by atoms with E-state index in [1.165, 1.54) is 17.6 Å². The number of hydrogen-bond acceptors (Lipinski definition) is 8. The van der Waals surface area contributed by atoms with Gasteiger partial charge >= 0.3 is 0 Å². The molecule has 31 heavy (non-hydrogen) atoms. The molecule has 2 aromatic heterocycles. The quantitative estimate of drug-likeness (QED) is 0.651. The zero-order valence-electron chi connectivity index (χ0n) is 18.0. The van der Waals surface area contributed by atoms with E-state index < -0.39 is 0 Å². The predicted molar refractivity (Wildman–Crippen MR) is 119 cm³/mol. The molecule has 0 amide bonds. The van der Waals surface area contributed by atoms with E-state index in [0.717, 1.165) is 45.1 Å². The molecule has 0 atom stereocenters. The summed E-state index contributed by atoms with van der Waals surface area (Å²) in [6.45, 7) is 10.4. The van der Waals surface area contributed by atoms with Crippen LogP contribution in [0.1, 0.15) is 25.3 Å². The molecule has 0 radical (unpaired) electrons. The van der Waals surface area contributed by atoms with Crippen LogP contribution in [0.2, 0.25) is 0 Å². The first-order valence-electron chi connectivity index (χ1n) is 10.8. The lowest BCUT2D eigenvalue weighted by molar-refractivity contribution is -0.0660. The van der Waals surface area contributed by atoms with E-state index in [1.54, 1.807) is 23.3 Å². The second-order valence-corrected chi connectivity index (χ2v) is 8.39. The molecule has 0 saturated carbocycles. The number of benzene rings is 1. The molecule has 5 rings (SSSR count). The van der Waals surface area contributed by atoms with Gasteiger partial charge in [-0.3, -0.25) is 4.90 Å². The second kappa shape index (κ2) is 8.60. The molecule has 1 N–H and O–H groups in total. The van der Waals surface area contributed by atoms with Crippen molar-refractivity contribution < 1.29 is 4.74 Å². The van der Waals surface area contributed by atoms with Gasteiger partial charge in [0.2, 0.25) is 5.95 Å². The molecule has 4 heterocycles. The van der Waals surface area contributed by atoms with Crippen LogP contribution in [-0.4, -0.2) is 75.1 Å². The van der Waals surface area contributed by atoms with Crippen LogP contribution in [0.5, 0.6) is 0 Å². The van der Waals surface area contributed by atoms with Crippen LogP contribution in [-0.2, 0) is 4.74 Å². The minimum Gasteiger partial charge on any atom is -0.378 e. The maximum absolute atomic E-state index is 5.36. The van der Waals surface area contributed by atoms with E-state index in [1.807, 2.05) is 0 Å². The molecule has 2 saturated heterocycles. The molecule has 0 bridgehead atoms. The van der Waals surface area contributed by atoms with Crippen LogP contribution in [0.25, 0.3) is 5.82 Å². The minimum absolute atomic E-state index is 0.431. The lowest BCUT2D eigenvalue weighted by Gasteiger charge is -2.43. The van der Waals surface area contributed by atoms with Crippen LogP contribution in [0, 0.1) is 0 Å². The Hall–Kier alpha value is -3.04. The fourth-order valence-electron chi connectivity index (χ4n) is 3.98. The van der Waals surface area contributed by atoms with Crippen LogP contribution in [0.4, 0.5) is 17.3 Å². The Morgan fingerprint density at radius 2 is 1.90 bits per heavy atom. The Morgan fingerprint density at radius 1 is 1.06 bits per heavy atom. The van der Waals surface area contributed by atoms with Gasteiger partial charge in [0, 0.05) is 49.8 Å². The molecular formula is C22H28N8O. The molecule has 0 aliphatic carbocycles. The SMILES string of the molecule is CC(C)c1cc(Nc2ncn(-c3ccncn3)n2)cc(N2CCN(C3COC3)CC2)c1. The summed E-state index contributed by atoms with van der Waals surface area (Å²) in [5.41, 5.74) is 3.54. The molecule has 0 spiro atoms. The molecule has 0 unspecified atom stereocenters. The molecule has 2 aliphatic heterocycles. The highest BCUT2D eigenvalue weighted by atomic mass is 16.5. The molecule has 9 heteroatoms. The summed E-state index contributed by atoms with van der Waals surface area (Å²) in [5.74, 6) is 1.66. The Balaban J connectivity index is 1.33. The highest BCUT2D eigenvalue weighted by Gasteiger charge is 2.29. The van der Waals surface area contributed by atoms with Crippen LogP contribution in [0.15, 0.2) is 43.1 Å². The molecular weight excluding hydrogens is 392 g/mol. The van der Waals surface area contributed by atoms with Crippen molar-refractivity contribution >= 4 is 17.3 Å². The van der Waals surface area contributed by atoms with Crippen LogP contribution >= 0.6 is 0 Å². The maximum Gasteiger partial charge on any atom is 0.247 e. The Bertz CT molecular complexity index is 1010. The van der Waals surface area contributed by atoms with Gasteiger partial charge in [0.25, 0.3) is 0 Å². The number of ether oxygens (including phenoxy) is 1. The predicted octanol–water partition coefficient (Wildman–Crippen LogP) is 2.45. The number of rotatable bonds is 6. The standard InChI is InChI=1S/C22H28N8O/c1-16(2)17-9-18(26-22-25-15-30(27-22)21-3-4-23-14-24-21)11-19(10-17)28-5-7-29(8-6-28)20-12-31-13-20/h3-4,9-11,14-16,20H,5-8,12-13H2,1-2H3,(H,26,27). The summed E-state index contributed by atoms with van der Waals surface area (Å²) < 4.78 is 7.00. The van der Waals surface area contributed by atoms with E-state index in [0.29, 0.717) is 23.7 Å². The van der Waals surface area contributed by atoms with Gasteiger partial charge in [0.15, 0.2) is 5.82 Å². The first-order valence-corrected chi connectivity index (χ1v) is 10.8. The highest BCUT2D eigenvalue weighted by Crippen LogP contribution is 2.29. The Kier molecular flexibility index (Phi) is 5.52. The number of nitrogens with one attached hydrogen (secondary N) is 1. The molecule has 9 nitrogen and oxygen atoms in total. The summed E-state index contributed by atoms with van der Waals surface area (Å²) in [6, 6.07) is 9.09. The summed E-state index contributed by atoms with van der Waals surface area (Å²) in [4.78, 5) is 17.6. The number of anilines is 3. The largest absolute Gasteiger partial charge is 0.378 e. The van der Waals surface area contributed by atoms with Crippen LogP contribution < -0.4 is 10.2 Å². The fraction of sp³-hybridized carbons (Fsp3) is 0.455. The average Bonchev–Trinajstić information content (AvgIpc) is 3.22. The fourth-order valence-corrected chi connectivity index (χ4v) is 3.98. The molecule has 2 fully saturated rings. The number of aromatic nitrogens is 5. The third kappa shape index (κ3) is 4.38. The second-order valence-electron chi connectivity index (χ2n) is 8.39. The average molecular weight is 421 g/mol. The molecule has 3 aromatic rings. The van der Waals surface area contributed by atoms with Gasteiger partial charge in [-0.15, -0.1) is 5.10 Å². The Labute approximate surface area is 182 Å². The smallest absolute Gasteiger partial charge is 0.247 e. The Morgan fingerprint density at radius 3 is 2.58 bits per heavy atom. The summed E-state index contributed by atoms with van der Waals surface area (Å²) in [6.07, 6.45) is 4.84. The third-order valence-electron chi connectivity index (χ3n) is 5.97. The zero-order valence-corrected chi connectivity index (χ0v) is 18.0. The van der Waals surface area contributed by atoms with E-state index in [-0.39, 0.29) is 0 Å². The van der Waals surface area contributed by atoms with E-state index in [9.17, 15) is 0 Å². The van der Waals surface area contributed by atoms with Gasteiger partial charge in [-0.1, -0.05) is 13.8 Å². The maximum atomic E-state index is 5.36. The van der Waals surface area contributed by atoms with E-state index in [4.69, 9.17) is 4.74 Å². The normalized spacial score (nSPS) is 17.7. The van der Waals surface area contributed by atoms with Gasteiger partial charge in [-0.05, 0) is 29.7 Å². The van der Waals surface area contributed by atoms with Gasteiger partial charge < -0.3 is 15.0 Å². The van der Waals surface area contributed by atoms with Crippen LogP contribution in [0.3, 0.4) is 0 Å². The summed E-state index contributed by atoms with van der Waals surface area (Å²) in [5, 5.41) is 7.88. The molecule has 2 aliphatic rings.